The number of benzene rings is 3. The molecule has 7 nitrogen and oxygen atoms in total. The number of sulfonamides is 1. The van der Waals surface area contributed by atoms with Gasteiger partial charge in [-0.25, -0.2) is 8.42 Å². The molecule has 0 aliphatic carbocycles. The quantitative estimate of drug-likeness (QED) is 0.500. The van der Waals surface area contributed by atoms with Crippen molar-refractivity contribution in [3.8, 4) is 0 Å². The van der Waals surface area contributed by atoms with Gasteiger partial charge in [0.25, 0.3) is 15.9 Å². The maximum absolute atomic E-state index is 12.8. The summed E-state index contributed by atoms with van der Waals surface area (Å²) in [5.74, 6) is -0.588. The van der Waals surface area contributed by atoms with Crippen LogP contribution < -0.4 is 15.4 Å². The van der Waals surface area contributed by atoms with E-state index < -0.39 is 10.0 Å². The molecule has 2 amide bonds. The Hall–Kier alpha value is -3.36. The van der Waals surface area contributed by atoms with Gasteiger partial charge < -0.3 is 10.6 Å². The van der Waals surface area contributed by atoms with Gasteiger partial charge in [0.1, 0.15) is 0 Å². The number of amides is 2. The van der Waals surface area contributed by atoms with Crippen molar-refractivity contribution in [3.63, 3.8) is 0 Å². The van der Waals surface area contributed by atoms with Crippen LogP contribution in [-0.2, 0) is 14.8 Å². The second-order valence-corrected chi connectivity index (χ2v) is 8.92. The third-order valence-electron chi connectivity index (χ3n) is 4.30. The Bertz CT molecular complexity index is 1240. The van der Waals surface area contributed by atoms with Crippen LogP contribution >= 0.6 is 11.6 Å². The summed E-state index contributed by atoms with van der Waals surface area (Å²) in [6, 6.07) is 17.2. The van der Waals surface area contributed by atoms with Crippen molar-refractivity contribution < 1.29 is 18.0 Å². The molecule has 0 atom stereocenters. The minimum absolute atomic E-state index is 0.0411. The average Bonchev–Trinajstić information content (AvgIpc) is 2.69. The third kappa shape index (κ3) is 5.84. The Labute approximate surface area is 185 Å². The number of halogens is 1. The summed E-state index contributed by atoms with van der Waals surface area (Å²) in [6.45, 7) is 3.07. The number of carbonyl (C=O) groups excluding carboxylic acids is 2. The number of rotatable bonds is 6. The summed E-state index contributed by atoms with van der Waals surface area (Å²) in [7, 11) is -3.87. The van der Waals surface area contributed by atoms with Crippen molar-refractivity contribution in [2.24, 2.45) is 0 Å². The monoisotopic (exact) mass is 457 g/mol. The molecular weight excluding hydrogens is 438 g/mol. The van der Waals surface area contributed by atoms with E-state index in [2.05, 4.69) is 15.4 Å². The van der Waals surface area contributed by atoms with Crippen molar-refractivity contribution in [3.05, 3.63) is 82.9 Å². The molecule has 3 aromatic carbocycles. The summed E-state index contributed by atoms with van der Waals surface area (Å²) >= 11 is 5.84. The predicted molar refractivity (Wildman–Crippen MR) is 122 cm³/mol. The largest absolute Gasteiger partial charge is 0.326 e. The molecule has 3 aromatic rings. The number of aryl methyl sites for hydroxylation is 1. The molecule has 0 heterocycles. The van der Waals surface area contributed by atoms with E-state index in [-0.39, 0.29) is 16.7 Å². The molecule has 0 aliphatic rings. The second kappa shape index (κ2) is 9.20. The molecule has 3 rings (SSSR count). The van der Waals surface area contributed by atoms with Crippen molar-refractivity contribution in [2.45, 2.75) is 18.7 Å². The summed E-state index contributed by atoms with van der Waals surface area (Å²) in [6.07, 6.45) is 0. The van der Waals surface area contributed by atoms with Crippen molar-refractivity contribution >= 4 is 50.5 Å². The maximum atomic E-state index is 12.8. The fourth-order valence-corrected chi connectivity index (χ4v) is 4.08. The van der Waals surface area contributed by atoms with Gasteiger partial charge in [-0.1, -0.05) is 17.7 Å². The summed E-state index contributed by atoms with van der Waals surface area (Å²) in [5.41, 5.74) is 2.29. The number of hydrogen-bond acceptors (Lipinski definition) is 4. The molecular formula is C22H20ClN3O4S. The predicted octanol–water partition coefficient (Wildman–Crippen LogP) is 4.66. The minimum Gasteiger partial charge on any atom is -0.326 e. The lowest BCUT2D eigenvalue weighted by atomic mass is 10.1. The van der Waals surface area contributed by atoms with Crippen LogP contribution in [0, 0.1) is 6.92 Å². The van der Waals surface area contributed by atoms with E-state index in [0.29, 0.717) is 33.2 Å². The van der Waals surface area contributed by atoms with E-state index in [9.17, 15) is 18.0 Å². The lowest BCUT2D eigenvalue weighted by Gasteiger charge is -2.13. The minimum atomic E-state index is -3.87. The molecule has 0 bridgehead atoms. The molecule has 3 N–H and O–H groups in total. The lowest BCUT2D eigenvalue weighted by molar-refractivity contribution is -0.114. The van der Waals surface area contributed by atoms with Gasteiger partial charge >= 0.3 is 0 Å². The highest BCUT2D eigenvalue weighted by atomic mass is 35.5. The van der Waals surface area contributed by atoms with E-state index in [1.54, 1.807) is 49.4 Å². The smallest absolute Gasteiger partial charge is 0.261 e. The van der Waals surface area contributed by atoms with Gasteiger partial charge in [0.2, 0.25) is 5.91 Å². The normalized spacial score (nSPS) is 10.9. The Morgan fingerprint density at radius 2 is 1.55 bits per heavy atom. The SMILES string of the molecule is CC(=O)Nc1cccc(NS(=O)(=O)c2ccc(NC(=O)c3ccc(Cl)cc3)c(C)c2)c1. The second-order valence-electron chi connectivity index (χ2n) is 6.81. The Morgan fingerprint density at radius 3 is 2.19 bits per heavy atom. The number of nitrogens with one attached hydrogen (secondary N) is 3. The zero-order valence-electron chi connectivity index (χ0n) is 16.8. The summed E-state index contributed by atoms with van der Waals surface area (Å²) in [5, 5.41) is 5.89. The van der Waals surface area contributed by atoms with E-state index in [4.69, 9.17) is 11.6 Å². The molecule has 9 heteroatoms. The zero-order chi connectivity index (χ0) is 22.6. The molecule has 0 saturated carbocycles. The fraction of sp³-hybridized carbons (Fsp3) is 0.0909. The molecule has 0 radical (unpaired) electrons. The molecule has 0 aliphatic heterocycles. The molecule has 0 aromatic heterocycles. The molecule has 0 fully saturated rings. The highest BCUT2D eigenvalue weighted by Gasteiger charge is 2.17. The Balaban J connectivity index is 1.77. The van der Waals surface area contributed by atoms with Crippen LogP contribution in [-0.4, -0.2) is 20.2 Å². The van der Waals surface area contributed by atoms with Gasteiger partial charge in [0.15, 0.2) is 0 Å². The Kier molecular flexibility index (Phi) is 6.62. The first-order valence-corrected chi connectivity index (χ1v) is 11.1. The van der Waals surface area contributed by atoms with Crippen molar-refractivity contribution in [1.29, 1.82) is 0 Å². The zero-order valence-corrected chi connectivity index (χ0v) is 18.3. The van der Waals surface area contributed by atoms with Crippen LogP contribution in [0.15, 0.2) is 71.6 Å². The van der Waals surface area contributed by atoms with Gasteiger partial charge in [-0.05, 0) is 73.2 Å². The first-order chi connectivity index (χ1) is 14.6. The standard InChI is InChI=1S/C22H20ClN3O4S/c1-14-12-20(10-11-21(14)25-22(28)16-6-8-17(23)9-7-16)31(29,30)26-19-5-3-4-18(13-19)24-15(2)27/h3-13,26H,1-2H3,(H,24,27)(H,25,28). The van der Waals surface area contributed by atoms with Crippen LogP contribution in [0.25, 0.3) is 0 Å². The van der Waals surface area contributed by atoms with Crippen LogP contribution in [0.4, 0.5) is 17.1 Å². The van der Waals surface area contributed by atoms with Gasteiger partial charge in [0.05, 0.1) is 10.6 Å². The van der Waals surface area contributed by atoms with Gasteiger partial charge in [-0.15, -0.1) is 0 Å². The third-order valence-corrected chi connectivity index (χ3v) is 5.93. The van der Waals surface area contributed by atoms with Crippen molar-refractivity contribution in [1.82, 2.24) is 0 Å². The van der Waals surface area contributed by atoms with Crippen LogP contribution in [0.3, 0.4) is 0 Å². The van der Waals surface area contributed by atoms with Crippen LogP contribution in [0.5, 0.6) is 0 Å². The van der Waals surface area contributed by atoms with E-state index in [0.717, 1.165) is 0 Å². The van der Waals surface area contributed by atoms with Crippen molar-refractivity contribution in [2.75, 3.05) is 15.4 Å². The number of anilines is 3. The van der Waals surface area contributed by atoms with Crippen LogP contribution in [0.2, 0.25) is 5.02 Å². The summed E-state index contributed by atoms with van der Waals surface area (Å²) < 4.78 is 28.0. The average molecular weight is 458 g/mol. The van der Waals surface area contributed by atoms with Gasteiger partial charge in [0, 0.05) is 28.9 Å². The molecule has 0 unspecified atom stereocenters. The topological polar surface area (TPSA) is 104 Å². The van der Waals surface area contributed by atoms with Crippen LogP contribution in [0.1, 0.15) is 22.8 Å². The number of hydrogen-bond donors (Lipinski definition) is 3. The first kappa shape index (κ1) is 22.3. The molecule has 160 valence electrons. The molecule has 0 saturated heterocycles. The summed E-state index contributed by atoms with van der Waals surface area (Å²) in [4.78, 5) is 23.6. The van der Waals surface area contributed by atoms with E-state index in [1.165, 1.54) is 31.2 Å². The Morgan fingerprint density at radius 1 is 0.871 bits per heavy atom. The first-order valence-electron chi connectivity index (χ1n) is 9.22. The highest BCUT2D eigenvalue weighted by molar-refractivity contribution is 7.92. The van der Waals surface area contributed by atoms with Gasteiger partial charge in [-0.2, -0.15) is 0 Å². The van der Waals surface area contributed by atoms with E-state index >= 15 is 0 Å². The maximum Gasteiger partial charge on any atom is 0.261 e. The highest BCUT2D eigenvalue weighted by Crippen LogP contribution is 2.24. The fourth-order valence-electron chi connectivity index (χ4n) is 2.82. The van der Waals surface area contributed by atoms with Gasteiger partial charge in [-0.3, -0.25) is 14.3 Å². The van der Waals surface area contributed by atoms with E-state index in [1.807, 2.05) is 0 Å². The lowest BCUT2D eigenvalue weighted by Crippen LogP contribution is -2.15. The molecule has 31 heavy (non-hydrogen) atoms. The number of carbonyl (C=O) groups is 2. The molecule has 0 spiro atoms.